The van der Waals surface area contributed by atoms with Gasteiger partial charge < -0.3 is 14.6 Å². The Bertz CT molecular complexity index is 429. The van der Waals surface area contributed by atoms with Crippen molar-refractivity contribution < 1.29 is 17.9 Å². The number of ether oxygens (including phenoxy) is 1. The van der Waals surface area contributed by atoms with Crippen molar-refractivity contribution in [1.29, 1.82) is 0 Å². The van der Waals surface area contributed by atoms with Crippen LogP contribution in [0, 0.1) is 0 Å². The van der Waals surface area contributed by atoms with Crippen molar-refractivity contribution in [2.45, 2.75) is 44.4 Å². The number of halogens is 3. The summed E-state index contributed by atoms with van der Waals surface area (Å²) in [6, 6.07) is 0.404. The second-order valence-corrected chi connectivity index (χ2v) is 5.23. The Balaban J connectivity index is 1.78. The number of nitrogens with zero attached hydrogens (tertiary/aromatic N) is 1. The summed E-state index contributed by atoms with van der Waals surface area (Å²) >= 11 is 0. The monoisotopic (exact) mass is 290 g/mol. The number of fused-ring (bicyclic) bond motifs is 1. The predicted octanol–water partition coefficient (Wildman–Crippen LogP) is 3.05. The van der Waals surface area contributed by atoms with E-state index in [1.54, 1.807) is 0 Å². The van der Waals surface area contributed by atoms with E-state index in [1.807, 2.05) is 7.05 Å². The molecule has 0 aromatic carbocycles. The van der Waals surface area contributed by atoms with E-state index in [9.17, 15) is 13.2 Å². The molecular formula is C14H21F3N2O. The molecule has 20 heavy (non-hydrogen) atoms. The van der Waals surface area contributed by atoms with Crippen LogP contribution in [0.15, 0.2) is 12.4 Å². The van der Waals surface area contributed by atoms with Gasteiger partial charge in [-0.2, -0.15) is 13.2 Å². The number of aromatic nitrogens is 1. The molecule has 1 aliphatic carbocycles. The smallest absolute Gasteiger partial charge is 0.372 e. The van der Waals surface area contributed by atoms with E-state index in [1.165, 1.54) is 17.5 Å². The van der Waals surface area contributed by atoms with Crippen LogP contribution in [0.4, 0.5) is 13.2 Å². The third-order valence-electron chi connectivity index (χ3n) is 3.63. The summed E-state index contributed by atoms with van der Waals surface area (Å²) in [5.74, 6) is 0. The number of alkyl halides is 3. The zero-order chi connectivity index (χ0) is 14.6. The van der Waals surface area contributed by atoms with Gasteiger partial charge in [-0.25, -0.2) is 0 Å². The normalized spacial score (nSPS) is 19.1. The van der Waals surface area contributed by atoms with Crippen LogP contribution >= 0.6 is 0 Å². The molecule has 0 aliphatic heterocycles. The van der Waals surface area contributed by atoms with Crippen molar-refractivity contribution in [3.63, 3.8) is 0 Å². The molecule has 3 nitrogen and oxygen atoms in total. The molecule has 0 radical (unpaired) electrons. The first-order valence-electron chi connectivity index (χ1n) is 7.00. The van der Waals surface area contributed by atoms with Crippen molar-refractivity contribution in [3.8, 4) is 0 Å². The van der Waals surface area contributed by atoms with Crippen LogP contribution in [-0.2, 0) is 17.7 Å². The highest BCUT2D eigenvalue weighted by molar-refractivity contribution is 5.30. The number of nitrogens with one attached hydrogen (secondary N) is 1. The molecular weight excluding hydrogens is 269 g/mol. The zero-order valence-electron chi connectivity index (χ0n) is 11.7. The fourth-order valence-corrected chi connectivity index (χ4v) is 2.71. The first kappa shape index (κ1) is 15.4. The topological polar surface area (TPSA) is 26.2 Å². The van der Waals surface area contributed by atoms with Crippen molar-refractivity contribution in [1.82, 2.24) is 9.88 Å². The number of hydrogen-bond acceptors (Lipinski definition) is 2. The molecule has 0 amide bonds. The van der Waals surface area contributed by atoms with E-state index >= 15 is 0 Å². The van der Waals surface area contributed by atoms with E-state index in [0.29, 0.717) is 19.0 Å². The Morgan fingerprint density at radius 3 is 2.90 bits per heavy atom. The average molecular weight is 290 g/mol. The van der Waals surface area contributed by atoms with Gasteiger partial charge in [0.05, 0.1) is 0 Å². The molecule has 1 heterocycles. The predicted molar refractivity (Wildman–Crippen MR) is 70.7 cm³/mol. The fourth-order valence-electron chi connectivity index (χ4n) is 2.71. The summed E-state index contributed by atoms with van der Waals surface area (Å²) < 4.78 is 42.4. The minimum Gasteiger partial charge on any atom is -0.372 e. The van der Waals surface area contributed by atoms with Gasteiger partial charge in [-0.1, -0.05) is 0 Å². The summed E-state index contributed by atoms with van der Waals surface area (Å²) in [5, 5.41) is 3.30. The van der Waals surface area contributed by atoms with E-state index in [-0.39, 0.29) is 6.61 Å². The van der Waals surface area contributed by atoms with Gasteiger partial charge in [0.15, 0.2) is 0 Å². The van der Waals surface area contributed by atoms with Crippen molar-refractivity contribution in [2.75, 3.05) is 20.3 Å². The summed E-state index contributed by atoms with van der Waals surface area (Å²) in [6.07, 6.45) is 3.99. The number of hydrogen-bond donors (Lipinski definition) is 1. The lowest BCUT2D eigenvalue weighted by Gasteiger charge is -2.21. The summed E-state index contributed by atoms with van der Waals surface area (Å²) in [6.45, 7) is -0.323. The first-order valence-corrected chi connectivity index (χ1v) is 7.00. The second kappa shape index (κ2) is 6.63. The lowest BCUT2D eigenvalue weighted by atomic mass is 9.91. The summed E-state index contributed by atoms with van der Waals surface area (Å²) in [7, 11) is 1.96. The minimum absolute atomic E-state index is 0.137. The van der Waals surface area contributed by atoms with E-state index < -0.39 is 12.8 Å². The van der Waals surface area contributed by atoms with Crippen molar-refractivity contribution in [3.05, 3.63) is 23.5 Å². The highest BCUT2D eigenvalue weighted by Crippen LogP contribution is 2.30. The second-order valence-electron chi connectivity index (χ2n) is 5.23. The van der Waals surface area contributed by atoms with Crippen LogP contribution in [-0.4, -0.2) is 31.0 Å². The molecule has 2 rings (SSSR count). The Morgan fingerprint density at radius 2 is 2.20 bits per heavy atom. The molecule has 1 aromatic rings. The van der Waals surface area contributed by atoms with Crippen LogP contribution in [0.3, 0.4) is 0 Å². The first-order chi connectivity index (χ1) is 9.49. The maximum Gasteiger partial charge on any atom is 0.411 e. The van der Waals surface area contributed by atoms with Gasteiger partial charge in [-0.3, -0.25) is 0 Å². The van der Waals surface area contributed by atoms with Crippen LogP contribution in [0.1, 0.15) is 36.4 Å². The van der Waals surface area contributed by atoms with Gasteiger partial charge in [0.1, 0.15) is 6.61 Å². The number of rotatable bonds is 6. The molecule has 1 N–H and O–H groups in total. The lowest BCUT2D eigenvalue weighted by Crippen LogP contribution is -2.20. The summed E-state index contributed by atoms with van der Waals surface area (Å²) in [4.78, 5) is 0. The minimum atomic E-state index is -4.23. The third-order valence-corrected chi connectivity index (χ3v) is 3.63. The Hall–Kier alpha value is -1.01. The van der Waals surface area contributed by atoms with Gasteiger partial charge in [-0.05, 0) is 43.9 Å². The Morgan fingerprint density at radius 1 is 1.40 bits per heavy atom. The largest absolute Gasteiger partial charge is 0.411 e. The SMILES string of the molecule is CNC1CCCc2cn(CCCOCC(F)(F)F)cc21. The maximum absolute atomic E-state index is 11.9. The zero-order valence-corrected chi connectivity index (χ0v) is 11.7. The van der Waals surface area contributed by atoms with Crippen molar-refractivity contribution in [2.24, 2.45) is 0 Å². The molecule has 1 atom stereocenters. The lowest BCUT2D eigenvalue weighted by molar-refractivity contribution is -0.174. The van der Waals surface area contributed by atoms with Crippen LogP contribution in [0.5, 0.6) is 0 Å². The molecule has 0 spiro atoms. The van der Waals surface area contributed by atoms with Crippen molar-refractivity contribution >= 4 is 0 Å². The highest BCUT2D eigenvalue weighted by Gasteiger charge is 2.27. The molecule has 6 heteroatoms. The molecule has 0 saturated heterocycles. The Labute approximate surface area is 117 Å². The Kier molecular flexibility index (Phi) is 5.10. The standard InChI is InChI=1S/C14H21F3N2O/c1-18-13-5-2-4-11-8-19(9-12(11)13)6-3-7-20-10-14(15,16)17/h8-9,13,18H,2-7,10H2,1H3. The van der Waals surface area contributed by atoms with Crippen LogP contribution in [0.25, 0.3) is 0 Å². The van der Waals surface area contributed by atoms with Gasteiger partial charge in [0, 0.05) is 31.6 Å². The van der Waals surface area contributed by atoms with Crippen LogP contribution < -0.4 is 5.32 Å². The third kappa shape index (κ3) is 4.24. The van der Waals surface area contributed by atoms with Gasteiger partial charge in [-0.15, -0.1) is 0 Å². The molecule has 1 unspecified atom stereocenters. The fraction of sp³-hybridized carbons (Fsp3) is 0.714. The molecule has 0 fully saturated rings. The van der Waals surface area contributed by atoms with Gasteiger partial charge in [0.25, 0.3) is 0 Å². The van der Waals surface area contributed by atoms with E-state index in [2.05, 4.69) is 27.0 Å². The van der Waals surface area contributed by atoms with Gasteiger partial charge >= 0.3 is 6.18 Å². The molecule has 0 bridgehead atoms. The van der Waals surface area contributed by atoms with E-state index in [0.717, 1.165) is 12.8 Å². The van der Waals surface area contributed by atoms with Gasteiger partial charge in [0.2, 0.25) is 0 Å². The van der Waals surface area contributed by atoms with E-state index in [4.69, 9.17) is 0 Å². The molecule has 0 saturated carbocycles. The quantitative estimate of drug-likeness (QED) is 0.815. The molecule has 1 aromatic heterocycles. The molecule has 1 aliphatic rings. The maximum atomic E-state index is 11.9. The van der Waals surface area contributed by atoms with Crippen LogP contribution in [0.2, 0.25) is 0 Å². The number of aryl methyl sites for hydroxylation is 2. The molecule has 114 valence electrons. The highest BCUT2D eigenvalue weighted by atomic mass is 19.4. The summed E-state index contributed by atoms with van der Waals surface area (Å²) in [5.41, 5.74) is 2.68. The average Bonchev–Trinajstić information content (AvgIpc) is 2.79.